The van der Waals surface area contributed by atoms with E-state index in [4.69, 9.17) is 14.9 Å². The van der Waals surface area contributed by atoms with Crippen LogP contribution in [-0.2, 0) is 6.54 Å². The van der Waals surface area contributed by atoms with E-state index in [1.165, 1.54) is 0 Å². The Labute approximate surface area is 95.2 Å². The predicted octanol–water partition coefficient (Wildman–Crippen LogP) is 2.99. The van der Waals surface area contributed by atoms with Crippen LogP contribution in [0.15, 0.2) is 22.6 Å². The lowest BCUT2D eigenvalue weighted by Crippen LogP contribution is -1.95. The quantitative estimate of drug-likeness (QED) is 0.859. The minimum absolute atomic E-state index is 0.424. The lowest BCUT2D eigenvalue weighted by atomic mass is 10.1. The molecule has 16 heavy (non-hydrogen) atoms. The van der Waals surface area contributed by atoms with Gasteiger partial charge in [-0.25, -0.2) is 0 Å². The molecule has 0 amide bonds. The predicted molar refractivity (Wildman–Crippen MR) is 64.6 cm³/mol. The maximum absolute atomic E-state index is 5.73. The van der Waals surface area contributed by atoms with Crippen molar-refractivity contribution in [1.29, 1.82) is 0 Å². The molecule has 0 spiro atoms. The Morgan fingerprint density at radius 3 is 2.88 bits per heavy atom. The van der Waals surface area contributed by atoms with Crippen LogP contribution in [0.3, 0.4) is 0 Å². The topological polar surface area (TPSA) is 48.4 Å². The van der Waals surface area contributed by atoms with Gasteiger partial charge in [0.2, 0.25) is 0 Å². The Balaban J connectivity index is 2.50. The van der Waals surface area contributed by atoms with Gasteiger partial charge in [-0.3, -0.25) is 0 Å². The number of ether oxygens (including phenoxy) is 1. The number of rotatable bonds is 4. The Bertz CT molecular complexity index is 488. The number of para-hydroxylation sites is 1. The smallest absolute Gasteiger partial charge is 0.176 e. The summed E-state index contributed by atoms with van der Waals surface area (Å²) < 4.78 is 11.4. The molecule has 0 aliphatic rings. The van der Waals surface area contributed by atoms with E-state index < -0.39 is 0 Å². The van der Waals surface area contributed by atoms with Crippen molar-refractivity contribution >= 4 is 11.0 Å². The lowest BCUT2D eigenvalue weighted by molar-refractivity contribution is 0.315. The third kappa shape index (κ3) is 1.78. The fourth-order valence-corrected chi connectivity index (χ4v) is 1.79. The summed E-state index contributed by atoms with van der Waals surface area (Å²) in [6.45, 7) is 5.24. The molecular weight excluding hydrogens is 202 g/mol. The fourth-order valence-electron chi connectivity index (χ4n) is 1.79. The van der Waals surface area contributed by atoms with Crippen LogP contribution in [0.5, 0.6) is 5.75 Å². The second kappa shape index (κ2) is 4.58. The van der Waals surface area contributed by atoms with E-state index in [0.29, 0.717) is 13.2 Å². The van der Waals surface area contributed by atoms with E-state index in [1.54, 1.807) is 0 Å². The molecule has 0 aliphatic carbocycles. The third-order valence-corrected chi connectivity index (χ3v) is 2.67. The van der Waals surface area contributed by atoms with Crippen LogP contribution in [0.1, 0.15) is 24.7 Å². The highest BCUT2D eigenvalue weighted by Gasteiger charge is 2.12. The number of hydrogen-bond acceptors (Lipinski definition) is 3. The average Bonchev–Trinajstić information content (AvgIpc) is 2.64. The van der Waals surface area contributed by atoms with Crippen molar-refractivity contribution in [3.8, 4) is 5.75 Å². The Morgan fingerprint density at radius 1 is 1.38 bits per heavy atom. The van der Waals surface area contributed by atoms with Crippen LogP contribution in [-0.4, -0.2) is 6.61 Å². The molecule has 0 unspecified atom stereocenters. The van der Waals surface area contributed by atoms with Crippen LogP contribution in [0, 0.1) is 6.92 Å². The lowest BCUT2D eigenvalue weighted by Gasteiger charge is -2.04. The second-order valence-electron chi connectivity index (χ2n) is 3.84. The number of fused-ring (bicyclic) bond motifs is 1. The van der Waals surface area contributed by atoms with Gasteiger partial charge in [-0.1, -0.05) is 19.1 Å². The van der Waals surface area contributed by atoms with Crippen molar-refractivity contribution in [2.24, 2.45) is 5.73 Å². The van der Waals surface area contributed by atoms with Crippen LogP contribution >= 0.6 is 0 Å². The molecule has 2 aromatic rings. The number of nitrogens with two attached hydrogens (primary N) is 1. The molecule has 1 aromatic carbocycles. The molecule has 1 heterocycles. The van der Waals surface area contributed by atoms with Crippen molar-refractivity contribution in [1.82, 2.24) is 0 Å². The molecule has 2 rings (SSSR count). The molecule has 0 fully saturated rings. The Morgan fingerprint density at radius 2 is 2.19 bits per heavy atom. The van der Waals surface area contributed by atoms with Gasteiger partial charge in [0.15, 0.2) is 11.3 Å². The summed E-state index contributed by atoms with van der Waals surface area (Å²) in [5, 5.41) is 1.09. The summed E-state index contributed by atoms with van der Waals surface area (Å²) in [6, 6.07) is 5.95. The first-order valence-electron chi connectivity index (χ1n) is 5.61. The normalized spacial score (nSPS) is 10.9. The molecule has 0 radical (unpaired) electrons. The maximum Gasteiger partial charge on any atom is 0.176 e. The molecule has 0 bridgehead atoms. The Hall–Kier alpha value is -1.48. The molecule has 0 aliphatic heterocycles. The van der Waals surface area contributed by atoms with E-state index in [2.05, 4.69) is 6.92 Å². The van der Waals surface area contributed by atoms with Crippen LogP contribution in [0.2, 0.25) is 0 Å². The minimum Gasteiger partial charge on any atom is -0.490 e. The third-order valence-electron chi connectivity index (χ3n) is 2.67. The van der Waals surface area contributed by atoms with Gasteiger partial charge in [-0.15, -0.1) is 0 Å². The number of aryl methyl sites for hydroxylation is 1. The molecule has 0 saturated carbocycles. The zero-order valence-corrected chi connectivity index (χ0v) is 9.75. The molecular formula is C13H17NO2. The maximum atomic E-state index is 5.73. The molecule has 0 atom stereocenters. The van der Waals surface area contributed by atoms with E-state index >= 15 is 0 Å². The Kier molecular flexibility index (Phi) is 3.15. The van der Waals surface area contributed by atoms with Gasteiger partial charge >= 0.3 is 0 Å². The van der Waals surface area contributed by atoms with E-state index in [1.807, 2.05) is 25.1 Å². The highest BCUT2D eigenvalue weighted by atomic mass is 16.5. The number of benzene rings is 1. The van der Waals surface area contributed by atoms with Gasteiger partial charge in [0.25, 0.3) is 0 Å². The first kappa shape index (κ1) is 11.0. The van der Waals surface area contributed by atoms with Gasteiger partial charge in [0, 0.05) is 5.39 Å². The molecule has 3 nitrogen and oxygen atoms in total. The molecule has 0 saturated heterocycles. The first-order chi connectivity index (χ1) is 7.77. The highest BCUT2D eigenvalue weighted by Crippen LogP contribution is 2.32. The first-order valence-corrected chi connectivity index (χ1v) is 5.61. The van der Waals surface area contributed by atoms with Gasteiger partial charge in [0.1, 0.15) is 5.76 Å². The van der Waals surface area contributed by atoms with Gasteiger partial charge in [0.05, 0.1) is 13.2 Å². The SMILES string of the molecule is CCCOc1cccc2c(C)c(CN)oc12. The van der Waals surface area contributed by atoms with Crippen molar-refractivity contribution < 1.29 is 9.15 Å². The monoisotopic (exact) mass is 219 g/mol. The number of furan rings is 1. The summed E-state index contributed by atoms with van der Waals surface area (Å²) in [7, 11) is 0. The summed E-state index contributed by atoms with van der Waals surface area (Å²) in [5.41, 5.74) is 7.55. The average molecular weight is 219 g/mol. The van der Waals surface area contributed by atoms with Crippen molar-refractivity contribution in [2.45, 2.75) is 26.8 Å². The summed E-state index contributed by atoms with van der Waals surface area (Å²) >= 11 is 0. The molecule has 3 heteroatoms. The minimum atomic E-state index is 0.424. The highest BCUT2D eigenvalue weighted by molar-refractivity contribution is 5.87. The van der Waals surface area contributed by atoms with Crippen LogP contribution in [0.4, 0.5) is 0 Å². The van der Waals surface area contributed by atoms with Gasteiger partial charge in [-0.05, 0) is 25.0 Å². The van der Waals surface area contributed by atoms with E-state index in [-0.39, 0.29) is 0 Å². The van der Waals surface area contributed by atoms with Crippen molar-refractivity contribution in [3.05, 3.63) is 29.5 Å². The number of hydrogen-bond donors (Lipinski definition) is 1. The van der Waals surface area contributed by atoms with Gasteiger partial charge < -0.3 is 14.9 Å². The van der Waals surface area contributed by atoms with Crippen molar-refractivity contribution in [3.63, 3.8) is 0 Å². The van der Waals surface area contributed by atoms with Crippen molar-refractivity contribution in [2.75, 3.05) is 6.61 Å². The summed E-state index contributed by atoms with van der Waals surface area (Å²) in [5.74, 6) is 1.64. The standard InChI is InChI=1S/C13H17NO2/c1-3-7-15-11-6-4-5-10-9(2)12(8-14)16-13(10)11/h4-6H,3,7-8,14H2,1-2H3. The molecule has 2 N–H and O–H groups in total. The van der Waals surface area contributed by atoms with Crippen LogP contribution < -0.4 is 10.5 Å². The summed E-state index contributed by atoms with van der Waals surface area (Å²) in [6.07, 6.45) is 0.986. The van der Waals surface area contributed by atoms with Crippen LogP contribution in [0.25, 0.3) is 11.0 Å². The fraction of sp³-hybridized carbons (Fsp3) is 0.385. The summed E-state index contributed by atoms with van der Waals surface area (Å²) in [4.78, 5) is 0. The molecule has 86 valence electrons. The largest absolute Gasteiger partial charge is 0.490 e. The van der Waals surface area contributed by atoms with E-state index in [9.17, 15) is 0 Å². The second-order valence-corrected chi connectivity index (χ2v) is 3.84. The van der Waals surface area contributed by atoms with Gasteiger partial charge in [-0.2, -0.15) is 0 Å². The zero-order chi connectivity index (χ0) is 11.5. The molecule has 1 aromatic heterocycles. The van der Waals surface area contributed by atoms with E-state index in [0.717, 1.165) is 34.5 Å². The zero-order valence-electron chi connectivity index (χ0n) is 9.75.